The van der Waals surface area contributed by atoms with Crippen molar-refractivity contribution in [2.75, 3.05) is 0 Å². The summed E-state index contributed by atoms with van der Waals surface area (Å²) in [6, 6.07) is 6.41. The van der Waals surface area contributed by atoms with E-state index in [1.807, 2.05) is 13.8 Å². The van der Waals surface area contributed by atoms with Gasteiger partial charge in [0.1, 0.15) is 12.1 Å². The van der Waals surface area contributed by atoms with E-state index >= 15 is 0 Å². The molecule has 0 aliphatic rings. The van der Waals surface area contributed by atoms with Crippen LogP contribution in [0.25, 0.3) is 6.08 Å². The highest BCUT2D eigenvalue weighted by Crippen LogP contribution is 2.15. The highest BCUT2D eigenvalue weighted by atomic mass is 19.1. The highest BCUT2D eigenvalue weighted by Gasteiger charge is 2.03. The van der Waals surface area contributed by atoms with E-state index in [0.29, 0.717) is 11.1 Å². The number of benzene rings is 1. The molecule has 0 radical (unpaired) electrons. The Morgan fingerprint density at radius 3 is 2.50 bits per heavy atom. The van der Waals surface area contributed by atoms with Gasteiger partial charge in [-0.1, -0.05) is 32.0 Å². The molecule has 0 atom stereocenters. The molecule has 0 bridgehead atoms. The van der Waals surface area contributed by atoms with Crippen LogP contribution in [-0.2, 0) is 4.79 Å². The number of rotatable bonds is 3. The number of carbonyl (C=O) groups is 1. The number of allylic oxidation sites excluding steroid dienone is 1. The van der Waals surface area contributed by atoms with E-state index in [1.165, 1.54) is 6.07 Å². The summed E-state index contributed by atoms with van der Waals surface area (Å²) in [5, 5.41) is 0. The molecule has 0 N–H and O–H groups in total. The smallest absolute Gasteiger partial charge is 0.146 e. The summed E-state index contributed by atoms with van der Waals surface area (Å²) in [5.41, 5.74) is 1.07. The molecule has 0 aliphatic heterocycles. The average Bonchev–Trinajstić information content (AvgIpc) is 2.16. The third-order valence-corrected chi connectivity index (χ3v) is 2.03. The fourth-order valence-corrected chi connectivity index (χ4v) is 1.11. The number of hydrogen-bond acceptors (Lipinski definition) is 1. The van der Waals surface area contributed by atoms with Gasteiger partial charge in [-0.2, -0.15) is 0 Å². The quantitative estimate of drug-likeness (QED) is 0.531. The number of carbonyl (C=O) groups excluding carboxylic acids is 1. The Balaban J connectivity index is 3.06. The van der Waals surface area contributed by atoms with Gasteiger partial charge >= 0.3 is 0 Å². The predicted molar refractivity (Wildman–Crippen MR) is 55.3 cm³/mol. The minimum absolute atomic E-state index is 0.118. The lowest BCUT2D eigenvalue weighted by Crippen LogP contribution is -1.95. The second-order valence-electron chi connectivity index (χ2n) is 3.44. The van der Waals surface area contributed by atoms with Crippen molar-refractivity contribution in [2.24, 2.45) is 5.92 Å². The molecule has 0 amide bonds. The Morgan fingerprint density at radius 2 is 2.00 bits per heavy atom. The fraction of sp³-hybridized carbons (Fsp3) is 0.250. The van der Waals surface area contributed by atoms with Crippen molar-refractivity contribution in [3.8, 4) is 0 Å². The van der Waals surface area contributed by atoms with Gasteiger partial charge < -0.3 is 0 Å². The van der Waals surface area contributed by atoms with Crippen LogP contribution < -0.4 is 0 Å². The summed E-state index contributed by atoms with van der Waals surface area (Å²) in [6.45, 7) is 3.81. The van der Waals surface area contributed by atoms with Gasteiger partial charge in [-0.3, -0.25) is 4.79 Å². The zero-order valence-corrected chi connectivity index (χ0v) is 8.33. The molecule has 0 aromatic heterocycles. The lowest BCUT2D eigenvalue weighted by Gasteiger charge is -2.03. The first-order valence-electron chi connectivity index (χ1n) is 4.56. The Labute approximate surface area is 83.3 Å². The summed E-state index contributed by atoms with van der Waals surface area (Å²) in [6.07, 6.45) is 2.37. The molecule has 1 rings (SSSR count). The first-order chi connectivity index (χ1) is 6.65. The van der Waals surface area contributed by atoms with E-state index in [-0.39, 0.29) is 11.7 Å². The summed E-state index contributed by atoms with van der Waals surface area (Å²) < 4.78 is 13.2. The molecule has 0 fully saturated rings. The largest absolute Gasteiger partial charge is 0.298 e. The maximum Gasteiger partial charge on any atom is 0.146 e. The van der Waals surface area contributed by atoms with E-state index in [9.17, 15) is 9.18 Å². The molecule has 0 aliphatic carbocycles. The van der Waals surface area contributed by atoms with Gasteiger partial charge in [-0.15, -0.1) is 0 Å². The molecule has 0 heterocycles. The van der Waals surface area contributed by atoms with Crippen molar-refractivity contribution in [2.45, 2.75) is 13.8 Å². The molecular formula is C12H13FO. The molecule has 1 aromatic rings. The van der Waals surface area contributed by atoms with E-state index < -0.39 is 0 Å². The summed E-state index contributed by atoms with van der Waals surface area (Å²) in [7, 11) is 0. The molecule has 0 spiro atoms. The van der Waals surface area contributed by atoms with Gasteiger partial charge in [0.25, 0.3) is 0 Å². The van der Waals surface area contributed by atoms with Crippen molar-refractivity contribution < 1.29 is 9.18 Å². The normalized spacial score (nSPS) is 11.9. The first kappa shape index (κ1) is 10.6. The number of aldehydes is 1. The average molecular weight is 192 g/mol. The van der Waals surface area contributed by atoms with Gasteiger partial charge in [0.2, 0.25) is 0 Å². The minimum Gasteiger partial charge on any atom is -0.298 e. The molecule has 74 valence electrons. The predicted octanol–water partition coefficient (Wildman–Crippen LogP) is 3.06. The second-order valence-corrected chi connectivity index (χ2v) is 3.44. The second kappa shape index (κ2) is 4.70. The van der Waals surface area contributed by atoms with Crippen LogP contribution in [0.4, 0.5) is 4.39 Å². The standard InChI is InChI=1S/C12H13FO/c1-9(2)11(8-14)7-10-5-3-4-6-12(10)13/h3-9H,1-2H3. The first-order valence-corrected chi connectivity index (χ1v) is 4.56. The third kappa shape index (κ3) is 2.52. The van der Waals surface area contributed by atoms with Crippen molar-refractivity contribution in [3.63, 3.8) is 0 Å². The Kier molecular flexibility index (Phi) is 3.57. The van der Waals surface area contributed by atoms with Crippen molar-refractivity contribution in [1.29, 1.82) is 0 Å². The van der Waals surface area contributed by atoms with Crippen LogP contribution in [0.2, 0.25) is 0 Å². The van der Waals surface area contributed by atoms with Gasteiger partial charge in [0.15, 0.2) is 0 Å². The van der Waals surface area contributed by atoms with Crippen LogP contribution in [0, 0.1) is 11.7 Å². The van der Waals surface area contributed by atoms with E-state index in [1.54, 1.807) is 24.3 Å². The van der Waals surface area contributed by atoms with E-state index in [4.69, 9.17) is 0 Å². The van der Waals surface area contributed by atoms with Gasteiger partial charge in [0.05, 0.1) is 0 Å². The molecule has 0 saturated carbocycles. The monoisotopic (exact) mass is 192 g/mol. The summed E-state index contributed by atoms with van der Waals surface area (Å²) >= 11 is 0. The van der Waals surface area contributed by atoms with Crippen LogP contribution in [-0.4, -0.2) is 6.29 Å². The zero-order chi connectivity index (χ0) is 10.6. The van der Waals surface area contributed by atoms with Gasteiger partial charge in [0, 0.05) is 5.56 Å². The van der Waals surface area contributed by atoms with Crippen molar-refractivity contribution in [1.82, 2.24) is 0 Å². The molecule has 1 aromatic carbocycles. The zero-order valence-electron chi connectivity index (χ0n) is 8.33. The minimum atomic E-state index is -0.299. The molecule has 0 unspecified atom stereocenters. The maximum absolute atomic E-state index is 13.2. The van der Waals surface area contributed by atoms with Crippen LogP contribution >= 0.6 is 0 Å². The number of halogens is 1. The molecule has 0 saturated heterocycles. The molecular weight excluding hydrogens is 179 g/mol. The van der Waals surface area contributed by atoms with Crippen molar-refractivity contribution >= 4 is 12.4 Å². The Hall–Kier alpha value is -1.44. The van der Waals surface area contributed by atoms with Crippen LogP contribution in [0.5, 0.6) is 0 Å². The van der Waals surface area contributed by atoms with Crippen LogP contribution in [0.3, 0.4) is 0 Å². The van der Waals surface area contributed by atoms with Crippen molar-refractivity contribution in [3.05, 3.63) is 41.2 Å². The lowest BCUT2D eigenvalue weighted by atomic mass is 10.0. The fourth-order valence-electron chi connectivity index (χ4n) is 1.11. The third-order valence-electron chi connectivity index (χ3n) is 2.03. The topological polar surface area (TPSA) is 17.1 Å². The maximum atomic E-state index is 13.2. The highest BCUT2D eigenvalue weighted by molar-refractivity contribution is 5.82. The SMILES string of the molecule is CC(C)C(C=O)=Cc1ccccc1F. The van der Waals surface area contributed by atoms with Gasteiger partial charge in [-0.25, -0.2) is 4.39 Å². The Bertz CT molecular complexity index is 353. The lowest BCUT2D eigenvalue weighted by molar-refractivity contribution is -0.105. The molecule has 2 heteroatoms. The van der Waals surface area contributed by atoms with Crippen LogP contribution in [0.1, 0.15) is 19.4 Å². The summed E-state index contributed by atoms with van der Waals surface area (Å²) in [5.74, 6) is -0.181. The number of hydrogen-bond donors (Lipinski definition) is 0. The van der Waals surface area contributed by atoms with Gasteiger partial charge in [-0.05, 0) is 23.6 Å². The van der Waals surface area contributed by atoms with Crippen LogP contribution in [0.15, 0.2) is 29.8 Å². The van der Waals surface area contributed by atoms with E-state index in [0.717, 1.165) is 6.29 Å². The van der Waals surface area contributed by atoms with E-state index in [2.05, 4.69) is 0 Å². The summed E-state index contributed by atoms with van der Waals surface area (Å²) in [4.78, 5) is 10.7. The molecule has 1 nitrogen and oxygen atoms in total. The Morgan fingerprint density at radius 1 is 1.36 bits per heavy atom. The molecule has 14 heavy (non-hydrogen) atoms.